The second kappa shape index (κ2) is 10.9. The summed E-state index contributed by atoms with van der Waals surface area (Å²) in [5.41, 5.74) is -1.07. The number of fused-ring (bicyclic) bond motifs is 1. The number of aryl methyl sites for hydroxylation is 1. The zero-order chi connectivity index (χ0) is 27.6. The number of halogens is 3. The molecule has 9 nitrogen and oxygen atoms in total. The minimum Gasteiger partial charge on any atom is -0.466 e. The third-order valence-electron chi connectivity index (χ3n) is 6.30. The maximum Gasteiger partial charge on any atom is 0.416 e. The second-order valence-electron chi connectivity index (χ2n) is 8.86. The number of ether oxygens (including phenoxy) is 1. The van der Waals surface area contributed by atoms with Crippen LogP contribution in [-0.4, -0.2) is 51.9 Å². The molecule has 3 heterocycles. The highest BCUT2D eigenvalue weighted by Crippen LogP contribution is 2.31. The summed E-state index contributed by atoms with van der Waals surface area (Å²) in [6.07, 6.45) is -2.42. The predicted molar refractivity (Wildman–Crippen MR) is 134 cm³/mol. The number of anilines is 1. The van der Waals surface area contributed by atoms with Gasteiger partial charge in [-0.2, -0.15) is 13.2 Å². The third-order valence-corrected chi connectivity index (χ3v) is 7.49. The monoisotopic (exact) mass is 550 g/mol. The van der Waals surface area contributed by atoms with Gasteiger partial charge in [-0.05, 0) is 50.5 Å². The summed E-state index contributed by atoms with van der Waals surface area (Å²) >= 11 is 1.07. The van der Waals surface area contributed by atoms with E-state index in [-0.39, 0.29) is 28.9 Å². The Kier molecular flexibility index (Phi) is 7.86. The van der Waals surface area contributed by atoms with Gasteiger partial charge in [0.15, 0.2) is 0 Å². The molecule has 3 aromatic rings. The third kappa shape index (κ3) is 5.72. The Morgan fingerprint density at radius 3 is 2.58 bits per heavy atom. The molecule has 0 radical (unpaired) electrons. The Labute approximate surface area is 219 Å². The van der Waals surface area contributed by atoms with Crippen molar-refractivity contribution in [3.63, 3.8) is 0 Å². The molecule has 4 rings (SSSR count). The van der Waals surface area contributed by atoms with Crippen LogP contribution in [0.1, 0.15) is 40.6 Å². The molecule has 1 aliphatic heterocycles. The van der Waals surface area contributed by atoms with Gasteiger partial charge < -0.3 is 15.0 Å². The number of hydrogen-bond donors (Lipinski definition) is 1. The number of benzene rings is 1. The van der Waals surface area contributed by atoms with E-state index in [2.05, 4.69) is 10.3 Å². The highest BCUT2D eigenvalue weighted by molar-refractivity contribution is 7.20. The zero-order valence-electron chi connectivity index (χ0n) is 20.6. The summed E-state index contributed by atoms with van der Waals surface area (Å²) < 4.78 is 44.9. The van der Waals surface area contributed by atoms with Crippen molar-refractivity contribution in [3.05, 3.63) is 57.0 Å². The van der Waals surface area contributed by atoms with Gasteiger partial charge in [0.1, 0.15) is 11.4 Å². The van der Waals surface area contributed by atoms with Gasteiger partial charge in [-0.25, -0.2) is 4.98 Å². The Balaban J connectivity index is 1.49. The molecule has 1 saturated heterocycles. The molecule has 0 bridgehead atoms. The first-order valence-electron chi connectivity index (χ1n) is 11.9. The van der Waals surface area contributed by atoms with Crippen LogP contribution in [0.2, 0.25) is 0 Å². The lowest BCUT2D eigenvalue weighted by atomic mass is 9.97. The van der Waals surface area contributed by atoms with Crippen LogP contribution in [0.25, 0.3) is 10.2 Å². The van der Waals surface area contributed by atoms with Gasteiger partial charge in [-0.15, -0.1) is 11.3 Å². The molecule has 0 saturated carbocycles. The maximum absolute atomic E-state index is 13.2. The van der Waals surface area contributed by atoms with Crippen LogP contribution in [0.5, 0.6) is 0 Å². The first-order chi connectivity index (χ1) is 18.0. The highest BCUT2D eigenvalue weighted by Gasteiger charge is 2.32. The van der Waals surface area contributed by atoms with Gasteiger partial charge >= 0.3 is 12.1 Å². The molecule has 0 atom stereocenters. The summed E-state index contributed by atoms with van der Waals surface area (Å²) in [5.74, 6) is -1.49. The van der Waals surface area contributed by atoms with E-state index < -0.39 is 29.8 Å². The number of aromatic nitrogens is 2. The van der Waals surface area contributed by atoms with Crippen LogP contribution >= 0.6 is 11.3 Å². The molecule has 13 heteroatoms. The van der Waals surface area contributed by atoms with Crippen LogP contribution in [0.15, 0.2) is 35.4 Å². The number of carbonyl (C=O) groups is 3. The number of likely N-dealkylation sites (tertiary alicyclic amines) is 1. The Hall–Kier alpha value is -3.74. The molecule has 2 amide bonds. The fourth-order valence-corrected chi connectivity index (χ4v) is 5.43. The van der Waals surface area contributed by atoms with Crippen molar-refractivity contribution >= 4 is 45.0 Å². The SMILES string of the molecule is CCOC(=O)C1CCN(C(=O)c2sc3ncn(CC(=O)Nc4cccc(C(F)(F)F)c4)c(=O)c3c2C)CC1. The maximum atomic E-state index is 13.2. The molecule has 38 heavy (non-hydrogen) atoms. The Bertz CT molecular complexity index is 1440. The standard InChI is InChI=1S/C25H25F3N4O5S/c1-3-37-24(36)15-7-9-31(10-8-15)23(35)20-14(2)19-21(38-20)29-13-32(22(19)34)12-18(33)30-17-6-4-5-16(11-17)25(26,27)28/h4-6,11,13,15H,3,7-10,12H2,1-2H3,(H,30,33). The Morgan fingerprint density at radius 1 is 1.21 bits per heavy atom. The fraction of sp³-hybridized carbons (Fsp3) is 0.400. The summed E-state index contributed by atoms with van der Waals surface area (Å²) in [6.45, 7) is 3.96. The largest absolute Gasteiger partial charge is 0.466 e. The van der Waals surface area contributed by atoms with Crippen LogP contribution in [-0.2, 0) is 27.0 Å². The molecule has 0 unspecified atom stereocenters. The summed E-state index contributed by atoms with van der Waals surface area (Å²) in [4.78, 5) is 57.4. The normalized spacial score (nSPS) is 14.5. The predicted octanol–water partition coefficient (Wildman–Crippen LogP) is 3.84. The quantitative estimate of drug-likeness (QED) is 0.467. The van der Waals surface area contributed by atoms with Gasteiger partial charge in [0, 0.05) is 18.8 Å². The summed E-state index contributed by atoms with van der Waals surface area (Å²) in [7, 11) is 0. The average molecular weight is 551 g/mol. The Morgan fingerprint density at radius 2 is 1.92 bits per heavy atom. The summed E-state index contributed by atoms with van der Waals surface area (Å²) in [6, 6.07) is 4.18. The lowest BCUT2D eigenvalue weighted by molar-refractivity contribution is -0.149. The van der Waals surface area contributed by atoms with Gasteiger partial charge in [0.05, 0.1) is 34.7 Å². The summed E-state index contributed by atoms with van der Waals surface area (Å²) in [5, 5.41) is 2.56. The number of esters is 1. The van der Waals surface area contributed by atoms with Crippen LogP contribution < -0.4 is 10.9 Å². The molecule has 1 N–H and O–H groups in total. The number of piperidine rings is 1. The van der Waals surface area contributed by atoms with Crippen molar-refractivity contribution in [2.45, 2.75) is 39.4 Å². The molecule has 1 fully saturated rings. The number of nitrogens with zero attached hydrogens (tertiary/aromatic N) is 3. The van der Waals surface area contributed by atoms with E-state index >= 15 is 0 Å². The number of thiophene rings is 1. The average Bonchev–Trinajstić information content (AvgIpc) is 3.22. The van der Waals surface area contributed by atoms with E-state index in [4.69, 9.17) is 4.74 Å². The molecule has 1 aliphatic rings. The smallest absolute Gasteiger partial charge is 0.416 e. The number of amides is 2. The van der Waals surface area contributed by atoms with Crippen LogP contribution in [0.3, 0.4) is 0 Å². The van der Waals surface area contributed by atoms with Crippen LogP contribution in [0, 0.1) is 12.8 Å². The van der Waals surface area contributed by atoms with Gasteiger partial charge in [-0.1, -0.05) is 6.07 Å². The number of carbonyl (C=O) groups excluding carboxylic acids is 3. The zero-order valence-corrected chi connectivity index (χ0v) is 21.4. The minimum atomic E-state index is -4.56. The fourth-order valence-electron chi connectivity index (χ4n) is 4.33. The van der Waals surface area contributed by atoms with E-state index in [1.807, 2.05) is 0 Å². The van der Waals surface area contributed by atoms with E-state index in [9.17, 15) is 32.3 Å². The molecule has 202 valence electrons. The second-order valence-corrected chi connectivity index (χ2v) is 9.86. The number of hydrogen-bond acceptors (Lipinski definition) is 7. The molecular formula is C25H25F3N4O5S. The highest BCUT2D eigenvalue weighted by atomic mass is 32.1. The van der Waals surface area contributed by atoms with Gasteiger partial charge in [-0.3, -0.25) is 23.7 Å². The minimum absolute atomic E-state index is 0.0572. The van der Waals surface area contributed by atoms with Crippen LogP contribution in [0.4, 0.5) is 18.9 Å². The van der Waals surface area contributed by atoms with Crippen molar-refractivity contribution < 1.29 is 32.3 Å². The van der Waals surface area contributed by atoms with E-state index in [1.165, 1.54) is 18.5 Å². The molecule has 0 aliphatic carbocycles. The van der Waals surface area contributed by atoms with E-state index in [0.717, 1.165) is 28.0 Å². The lowest BCUT2D eigenvalue weighted by Crippen LogP contribution is -2.40. The number of alkyl halides is 3. The lowest BCUT2D eigenvalue weighted by Gasteiger charge is -2.30. The molecule has 2 aromatic heterocycles. The van der Waals surface area contributed by atoms with E-state index in [1.54, 1.807) is 18.7 Å². The first kappa shape index (κ1) is 27.3. The number of rotatable bonds is 6. The topological polar surface area (TPSA) is 111 Å². The molecule has 0 spiro atoms. The van der Waals surface area contributed by atoms with Gasteiger partial charge in [0.25, 0.3) is 11.5 Å². The first-order valence-corrected chi connectivity index (χ1v) is 12.7. The number of nitrogens with one attached hydrogen (secondary N) is 1. The van der Waals surface area contributed by atoms with Gasteiger partial charge in [0.2, 0.25) is 5.91 Å². The van der Waals surface area contributed by atoms with Crippen molar-refractivity contribution in [2.24, 2.45) is 5.92 Å². The van der Waals surface area contributed by atoms with Crippen molar-refractivity contribution in [1.29, 1.82) is 0 Å². The van der Waals surface area contributed by atoms with Crippen molar-refractivity contribution in [1.82, 2.24) is 14.5 Å². The molecular weight excluding hydrogens is 525 g/mol. The molecule has 1 aromatic carbocycles. The van der Waals surface area contributed by atoms with Crippen molar-refractivity contribution in [2.75, 3.05) is 25.0 Å². The van der Waals surface area contributed by atoms with Crippen molar-refractivity contribution in [3.8, 4) is 0 Å². The van der Waals surface area contributed by atoms with E-state index in [0.29, 0.717) is 47.8 Å².